The van der Waals surface area contributed by atoms with Crippen LogP contribution in [0.5, 0.6) is 0 Å². The van der Waals surface area contributed by atoms with Crippen molar-refractivity contribution in [3.8, 4) is 0 Å². The topological polar surface area (TPSA) is 54.3 Å². The van der Waals surface area contributed by atoms with Crippen molar-refractivity contribution in [2.24, 2.45) is 7.05 Å². The third kappa shape index (κ3) is 5.02. The summed E-state index contributed by atoms with van der Waals surface area (Å²) in [6.07, 6.45) is -2.52. The van der Waals surface area contributed by atoms with E-state index < -0.39 is 11.7 Å². The number of piperazine rings is 1. The number of alkyl halides is 3. The molecule has 0 aliphatic carbocycles. The van der Waals surface area contributed by atoms with Gasteiger partial charge in [-0.2, -0.15) is 18.2 Å². The minimum absolute atomic E-state index is 0.0106. The predicted molar refractivity (Wildman–Crippen MR) is 132 cm³/mol. The summed E-state index contributed by atoms with van der Waals surface area (Å²) in [5.74, 6) is 0.515. The SMILES string of the molecule is CCC[C@@H]1CN(c2nc(=O)n(C)c3ccc(Cl)nc23)[C@@H](C)CN1C(C)c1ccc(C(F)(F)F)cc1. The summed E-state index contributed by atoms with van der Waals surface area (Å²) in [5, 5.41) is 0.325. The second kappa shape index (κ2) is 9.78. The van der Waals surface area contributed by atoms with E-state index in [1.54, 1.807) is 31.3 Å². The summed E-state index contributed by atoms with van der Waals surface area (Å²) in [7, 11) is 1.66. The molecule has 6 nitrogen and oxygen atoms in total. The van der Waals surface area contributed by atoms with Crippen molar-refractivity contribution in [2.45, 2.75) is 57.9 Å². The van der Waals surface area contributed by atoms with Gasteiger partial charge in [0.25, 0.3) is 0 Å². The van der Waals surface area contributed by atoms with Crippen LogP contribution in [-0.4, -0.2) is 44.6 Å². The molecule has 1 fully saturated rings. The van der Waals surface area contributed by atoms with Gasteiger partial charge in [-0.15, -0.1) is 0 Å². The molecule has 0 N–H and O–H groups in total. The van der Waals surface area contributed by atoms with Gasteiger partial charge in [-0.25, -0.2) is 9.78 Å². The van der Waals surface area contributed by atoms with Crippen LogP contribution < -0.4 is 10.6 Å². The van der Waals surface area contributed by atoms with Gasteiger partial charge in [-0.3, -0.25) is 9.47 Å². The number of aromatic nitrogens is 3. The number of rotatable bonds is 5. The first-order valence-corrected chi connectivity index (χ1v) is 12.1. The Morgan fingerprint density at radius 1 is 1.11 bits per heavy atom. The van der Waals surface area contributed by atoms with Gasteiger partial charge < -0.3 is 4.90 Å². The van der Waals surface area contributed by atoms with E-state index >= 15 is 0 Å². The third-order valence-electron chi connectivity index (χ3n) is 6.90. The number of aryl methyl sites for hydroxylation is 1. The second-order valence-corrected chi connectivity index (χ2v) is 9.60. The molecule has 0 bridgehead atoms. The molecule has 1 unspecified atom stereocenters. The minimum atomic E-state index is -4.36. The quantitative estimate of drug-likeness (QED) is 0.430. The van der Waals surface area contributed by atoms with Crippen LogP contribution in [0.3, 0.4) is 0 Å². The van der Waals surface area contributed by atoms with Crippen molar-refractivity contribution in [2.75, 3.05) is 18.0 Å². The molecule has 0 amide bonds. The number of benzene rings is 1. The molecule has 3 aromatic rings. The number of hydrogen-bond donors (Lipinski definition) is 0. The molecular weight excluding hydrogens is 479 g/mol. The van der Waals surface area contributed by atoms with Gasteiger partial charge in [0.2, 0.25) is 0 Å². The number of halogens is 4. The number of anilines is 1. The van der Waals surface area contributed by atoms with Crippen LogP contribution in [-0.2, 0) is 13.2 Å². The monoisotopic (exact) mass is 507 g/mol. The molecule has 1 aromatic carbocycles. The summed E-state index contributed by atoms with van der Waals surface area (Å²) in [6, 6.07) is 8.88. The molecule has 1 saturated heterocycles. The Kier molecular flexibility index (Phi) is 7.11. The van der Waals surface area contributed by atoms with Crippen molar-refractivity contribution in [1.82, 2.24) is 19.4 Å². The lowest BCUT2D eigenvalue weighted by molar-refractivity contribution is -0.137. The zero-order chi connectivity index (χ0) is 25.5. The Labute approximate surface area is 207 Å². The maximum Gasteiger partial charge on any atom is 0.416 e. The molecule has 1 aliphatic rings. The zero-order valence-corrected chi connectivity index (χ0v) is 20.9. The van der Waals surface area contributed by atoms with Gasteiger partial charge in [-0.1, -0.05) is 37.1 Å². The summed E-state index contributed by atoms with van der Waals surface area (Å²) in [6.45, 7) is 7.47. The summed E-state index contributed by atoms with van der Waals surface area (Å²) in [5.41, 5.74) is 1.06. The van der Waals surface area contributed by atoms with E-state index in [1.165, 1.54) is 4.57 Å². The fraction of sp³-hybridized carbons (Fsp3) is 0.480. The van der Waals surface area contributed by atoms with Crippen molar-refractivity contribution >= 4 is 28.5 Å². The first-order valence-electron chi connectivity index (χ1n) is 11.7. The maximum atomic E-state index is 13.0. The van der Waals surface area contributed by atoms with Gasteiger partial charge in [0.05, 0.1) is 11.1 Å². The largest absolute Gasteiger partial charge is 0.416 e. The van der Waals surface area contributed by atoms with Crippen LogP contribution in [0.4, 0.5) is 19.0 Å². The molecule has 10 heteroatoms. The normalized spacial score (nSPS) is 20.4. The highest BCUT2D eigenvalue weighted by molar-refractivity contribution is 6.29. The summed E-state index contributed by atoms with van der Waals surface area (Å²) < 4.78 is 40.5. The minimum Gasteiger partial charge on any atom is -0.349 e. The first-order chi connectivity index (χ1) is 16.5. The lowest BCUT2D eigenvalue weighted by Crippen LogP contribution is -2.58. The Morgan fingerprint density at radius 3 is 2.43 bits per heavy atom. The zero-order valence-electron chi connectivity index (χ0n) is 20.2. The Bertz CT molecular complexity index is 1260. The van der Waals surface area contributed by atoms with Crippen LogP contribution in [0.2, 0.25) is 5.15 Å². The Balaban J connectivity index is 1.67. The molecule has 0 saturated carbocycles. The summed E-state index contributed by atoms with van der Waals surface area (Å²) in [4.78, 5) is 25.9. The highest BCUT2D eigenvalue weighted by Gasteiger charge is 2.36. The summed E-state index contributed by atoms with van der Waals surface area (Å²) >= 11 is 6.18. The van der Waals surface area contributed by atoms with E-state index in [-0.39, 0.29) is 23.8 Å². The fourth-order valence-electron chi connectivity index (χ4n) is 4.95. The molecule has 4 rings (SSSR count). The first kappa shape index (κ1) is 25.4. The van der Waals surface area contributed by atoms with Crippen LogP contribution in [0.25, 0.3) is 11.0 Å². The predicted octanol–water partition coefficient (Wildman–Crippen LogP) is 5.44. The fourth-order valence-corrected chi connectivity index (χ4v) is 5.10. The van der Waals surface area contributed by atoms with Crippen molar-refractivity contribution in [3.63, 3.8) is 0 Å². The van der Waals surface area contributed by atoms with Gasteiger partial charge in [0, 0.05) is 38.3 Å². The van der Waals surface area contributed by atoms with Crippen molar-refractivity contribution in [1.29, 1.82) is 0 Å². The van der Waals surface area contributed by atoms with E-state index in [9.17, 15) is 18.0 Å². The number of nitrogens with zero attached hydrogens (tertiary/aromatic N) is 5. The van der Waals surface area contributed by atoms with Gasteiger partial charge in [0.1, 0.15) is 10.7 Å². The standard InChI is InChI=1S/C25H29ClF3N5O/c1-5-6-19-14-33(23-22-20(11-12-21(26)30-22)32(4)24(35)31-23)15(2)13-34(19)16(3)17-7-9-18(10-8-17)25(27,28)29/h7-12,15-16,19H,5-6,13-14H2,1-4H3/t15-,16?,19+/m0/s1. The molecule has 1 aliphatic heterocycles. The highest BCUT2D eigenvalue weighted by Crippen LogP contribution is 2.35. The lowest BCUT2D eigenvalue weighted by Gasteiger charge is -2.48. The molecule has 35 heavy (non-hydrogen) atoms. The van der Waals surface area contributed by atoms with Gasteiger partial charge in [-0.05, 0) is 50.1 Å². The lowest BCUT2D eigenvalue weighted by atomic mass is 9.97. The second-order valence-electron chi connectivity index (χ2n) is 9.22. The van der Waals surface area contributed by atoms with E-state index in [1.807, 2.05) is 6.92 Å². The van der Waals surface area contributed by atoms with Gasteiger partial charge >= 0.3 is 11.9 Å². The van der Waals surface area contributed by atoms with E-state index in [4.69, 9.17) is 11.6 Å². The smallest absolute Gasteiger partial charge is 0.349 e. The molecule has 0 radical (unpaired) electrons. The van der Waals surface area contributed by atoms with Crippen LogP contribution in [0.1, 0.15) is 50.8 Å². The van der Waals surface area contributed by atoms with Crippen LogP contribution in [0, 0.1) is 0 Å². The average Bonchev–Trinajstić information content (AvgIpc) is 2.81. The van der Waals surface area contributed by atoms with Crippen LogP contribution in [0.15, 0.2) is 41.2 Å². The van der Waals surface area contributed by atoms with Crippen molar-refractivity contribution in [3.05, 3.63) is 63.2 Å². The molecular formula is C25H29ClF3N5O. The number of pyridine rings is 1. The van der Waals surface area contributed by atoms with E-state index in [0.29, 0.717) is 35.1 Å². The Morgan fingerprint density at radius 2 is 1.80 bits per heavy atom. The Hall–Kier alpha value is -2.65. The number of fused-ring (bicyclic) bond motifs is 1. The van der Waals surface area contributed by atoms with E-state index in [2.05, 4.69) is 33.6 Å². The van der Waals surface area contributed by atoms with Crippen LogP contribution >= 0.6 is 11.6 Å². The van der Waals surface area contributed by atoms with Gasteiger partial charge in [0.15, 0.2) is 5.82 Å². The maximum absolute atomic E-state index is 13.0. The molecule has 2 aromatic heterocycles. The molecule has 3 atom stereocenters. The molecule has 3 heterocycles. The third-order valence-corrected chi connectivity index (χ3v) is 7.11. The highest BCUT2D eigenvalue weighted by atomic mass is 35.5. The van der Waals surface area contributed by atoms with Crippen molar-refractivity contribution < 1.29 is 13.2 Å². The molecule has 0 spiro atoms. The molecule has 188 valence electrons. The number of hydrogen-bond acceptors (Lipinski definition) is 5. The van der Waals surface area contributed by atoms with E-state index in [0.717, 1.165) is 30.5 Å². The average molecular weight is 508 g/mol.